The molecule has 0 radical (unpaired) electrons. The van der Waals surface area contributed by atoms with Crippen molar-refractivity contribution in [3.05, 3.63) is 28.5 Å². The van der Waals surface area contributed by atoms with E-state index in [1.165, 1.54) is 0 Å². The molecule has 2 rings (SSSR count). The standard InChI is InChI=1S/C11H13BrN2O3S/c1-8-7-18(16,17)5-4-14(8)11(15)9-2-3-13-10(12)6-9/h2-3,6,8H,4-5,7H2,1H3. The number of carbonyl (C=O) groups excluding carboxylic acids is 1. The Bertz CT molecular complexity index is 573. The third kappa shape index (κ3) is 2.89. The summed E-state index contributed by atoms with van der Waals surface area (Å²) >= 11 is 3.21. The van der Waals surface area contributed by atoms with Gasteiger partial charge in [-0.3, -0.25) is 4.79 Å². The summed E-state index contributed by atoms with van der Waals surface area (Å²) in [5.74, 6) is -0.0825. The lowest BCUT2D eigenvalue weighted by Gasteiger charge is -2.33. The van der Waals surface area contributed by atoms with Crippen LogP contribution in [0, 0.1) is 0 Å². The molecule has 1 aromatic rings. The van der Waals surface area contributed by atoms with Gasteiger partial charge in [0.25, 0.3) is 5.91 Å². The third-order valence-corrected chi connectivity index (χ3v) is 5.13. The van der Waals surface area contributed by atoms with Crippen LogP contribution in [0.15, 0.2) is 22.9 Å². The number of halogens is 1. The fourth-order valence-corrected chi connectivity index (χ4v) is 3.92. The zero-order valence-corrected chi connectivity index (χ0v) is 12.2. The first kappa shape index (κ1) is 13.5. The second-order valence-corrected chi connectivity index (χ2v) is 7.37. The first-order chi connectivity index (χ1) is 8.39. The molecule has 0 bridgehead atoms. The fraction of sp³-hybridized carbons (Fsp3) is 0.455. The van der Waals surface area contributed by atoms with E-state index in [-0.39, 0.29) is 30.0 Å². The van der Waals surface area contributed by atoms with E-state index in [1.54, 1.807) is 30.2 Å². The Morgan fingerprint density at radius 3 is 2.89 bits per heavy atom. The van der Waals surface area contributed by atoms with Crippen molar-refractivity contribution in [1.29, 1.82) is 0 Å². The quantitative estimate of drug-likeness (QED) is 0.722. The molecule has 0 saturated carbocycles. The summed E-state index contributed by atoms with van der Waals surface area (Å²) in [6, 6.07) is 2.98. The van der Waals surface area contributed by atoms with Crippen molar-refractivity contribution in [2.24, 2.45) is 0 Å². The topological polar surface area (TPSA) is 67.3 Å². The highest BCUT2D eigenvalue weighted by Crippen LogP contribution is 2.16. The van der Waals surface area contributed by atoms with E-state index in [0.717, 1.165) is 0 Å². The van der Waals surface area contributed by atoms with Crippen molar-refractivity contribution in [2.45, 2.75) is 13.0 Å². The van der Waals surface area contributed by atoms with Gasteiger partial charge in [-0.1, -0.05) is 0 Å². The highest BCUT2D eigenvalue weighted by atomic mass is 79.9. The van der Waals surface area contributed by atoms with Crippen LogP contribution in [0.3, 0.4) is 0 Å². The highest BCUT2D eigenvalue weighted by molar-refractivity contribution is 9.10. The van der Waals surface area contributed by atoms with Gasteiger partial charge in [0.1, 0.15) is 4.60 Å². The molecular formula is C11H13BrN2O3S. The van der Waals surface area contributed by atoms with E-state index in [2.05, 4.69) is 20.9 Å². The van der Waals surface area contributed by atoms with Gasteiger partial charge >= 0.3 is 0 Å². The maximum atomic E-state index is 12.3. The molecular weight excluding hydrogens is 320 g/mol. The molecule has 2 heterocycles. The molecule has 1 unspecified atom stereocenters. The Morgan fingerprint density at radius 1 is 1.56 bits per heavy atom. The van der Waals surface area contributed by atoms with Gasteiger partial charge in [0, 0.05) is 24.3 Å². The lowest BCUT2D eigenvalue weighted by atomic mass is 10.2. The van der Waals surface area contributed by atoms with Crippen LogP contribution < -0.4 is 0 Å². The number of sulfone groups is 1. The Balaban J connectivity index is 2.20. The smallest absolute Gasteiger partial charge is 0.254 e. The van der Waals surface area contributed by atoms with Crippen LogP contribution in [0.4, 0.5) is 0 Å². The van der Waals surface area contributed by atoms with Gasteiger partial charge in [-0.25, -0.2) is 13.4 Å². The van der Waals surface area contributed by atoms with Crippen LogP contribution in [-0.4, -0.2) is 48.3 Å². The molecule has 1 fully saturated rings. The number of nitrogens with zero attached hydrogens (tertiary/aromatic N) is 2. The zero-order valence-electron chi connectivity index (χ0n) is 9.84. The van der Waals surface area contributed by atoms with Gasteiger partial charge in [-0.05, 0) is 35.0 Å². The maximum Gasteiger partial charge on any atom is 0.254 e. The minimum atomic E-state index is -3.00. The molecule has 18 heavy (non-hydrogen) atoms. The number of rotatable bonds is 1. The first-order valence-electron chi connectivity index (χ1n) is 5.52. The molecule has 98 valence electrons. The Kier molecular flexibility index (Phi) is 3.72. The van der Waals surface area contributed by atoms with Crippen LogP contribution in [0.5, 0.6) is 0 Å². The van der Waals surface area contributed by atoms with Crippen molar-refractivity contribution in [2.75, 3.05) is 18.1 Å². The molecule has 5 nitrogen and oxygen atoms in total. The molecule has 0 aromatic carbocycles. The monoisotopic (exact) mass is 332 g/mol. The fourth-order valence-electron chi connectivity index (χ4n) is 2.00. The number of aromatic nitrogens is 1. The molecule has 0 N–H and O–H groups in total. The summed E-state index contributed by atoms with van der Waals surface area (Å²) in [6.45, 7) is 2.01. The summed E-state index contributed by atoms with van der Waals surface area (Å²) in [5.41, 5.74) is 0.517. The Hall–Kier alpha value is -0.950. The summed E-state index contributed by atoms with van der Waals surface area (Å²) < 4.78 is 23.5. The van der Waals surface area contributed by atoms with E-state index in [0.29, 0.717) is 10.2 Å². The first-order valence-corrected chi connectivity index (χ1v) is 8.13. The number of hydrogen-bond donors (Lipinski definition) is 0. The lowest BCUT2D eigenvalue weighted by molar-refractivity contribution is 0.0712. The van der Waals surface area contributed by atoms with Gasteiger partial charge in [0.2, 0.25) is 0 Å². The second kappa shape index (κ2) is 4.97. The number of carbonyl (C=O) groups is 1. The molecule has 1 amide bonds. The van der Waals surface area contributed by atoms with Crippen molar-refractivity contribution >= 4 is 31.7 Å². The van der Waals surface area contributed by atoms with Crippen LogP contribution in [-0.2, 0) is 9.84 Å². The van der Waals surface area contributed by atoms with Gasteiger partial charge in [-0.2, -0.15) is 0 Å². The average Bonchev–Trinajstić information content (AvgIpc) is 2.27. The predicted molar refractivity (Wildman–Crippen MR) is 71.1 cm³/mol. The Morgan fingerprint density at radius 2 is 2.28 bits per heavy atom. The molecule has 1 atom stereocenters. The van der Waals surface area contributed by atoms with Gasteiger partial charge in [0.05, 0.1) is 11.5 Å². The molecule has 7 heteroatoms. The summed E-state index contributed by atoms with van der Waals surface area (Å²) in [4.78, 5) is 17.8. The predicted octanol–water partition coefficient (Wildman–Crippen LogP) is 1.10. The molecule has 1 aliphatic heterocycles. The number of hydrogen-bond acceptors (Lipinski definition) is 4. The molecule has 1 aliphatic rings. The molecule has 0 spiro atoms. The lowest BCUT2D eigenvalue weighted by Crippen LogP contribution is -2.49. The van der Waals surface area contributed by atoms with E-state index in [1.807, 2.05) is 0 Å². The van der Waals surface area contributed by atoms with E-state index in [9.17, 15) is 13.2 Å². The number of amides is 1. The van der Waals surface area contributed by atoms with Crippen molar-refractivity contribution < 1.29 is 13.2 Å². The van der Waals surface area contributed by atoms with E-state index in [4.69, 9.17) is 0 Å². The van der Waals surface area contributed by atoms with Crippen molar-refractivity contribution in [3.63, 3.8) is 0 Å². The SMILES string of the molecule is CC1CS(=O)(=O)CCN1C(=O)c1ccnc(Br)c1. The Labute approximate surface area is 114 Å². The minimum Gasteiger partial charge on any atom is -0.334 e. The minimum absolute atomic E-state index is 0.0327. The van der Waals surface area contributed by atoms with Crippen molar-refractivity contribution in [1.82, 2.24) is 9.88 Å². The summed E-state index contributed by atoms with van der Waals surface area (Å²) in [6.07, 6.45) is 1.54. The van der Waals surface area contributed by atoms with Gasteiger partial charge in [0.15, 0.2) is 9.84 Å². The number of pyridine rings is 1. The van der Waals surface area contributed by atoms with E-state index < -0.39 is 9.84 Å². The van der Waals surface area contributed by atoms with Crippen LogP contribution in [0.25, 0.3) is 0 Å². The van der Waals surface area contributed by atoms with Gasteiger partial charge in [-0.15, -0.1) is 0 Å². The van der Waals surface area contributed by atoms with E-state index >= 15 is 0 Å². The third-order valence-electron chi connectivity index (χ3n) is 2.90. The maximum absolute atomic E-state index is 12.3. The average molecular weight is 333 g/mol. The summed E-state index contributed by atoms with van der Waals surface area (Å²) in [5, 5.41) is 0. The second-order valence-electron chi connectivity index (χ2n) is 4.33. The van der Waals surface area contributed by atoms with Crippen LogP contribution in [0.2, 0.25) is 0 Å². The summed E-state index contributed by atoms with van der Waals surface area (Å²) in [7, 11) is -3.00. The largest absolute Gasteiger partial charge is 0.334 e. The van der Waals surface area contributed by atoms with Crippen LogP contribution >= 0.6 is 15.9 Å². The zero-order chi connectivity index (χ0) is 13.3. The molecule has 1 saturated heterocycles. The normalized spacial score (nSPS) is 22.8. The molecule has 0 aliphatic carbocycles. The van der Waals surface area contributed by atoms with Crippen molar-refractivity contribution in [3.8, 4) is 0 Å². The highest BCUT2D eigenvalue weighted by Gasteiger charge is 2.31. The van der Waals surface area contributed by atoms with Crippen LogP contribution in [0.1, 0.15) is 17.3 Å². The molecule has 1 aromatic heterocycles. The van der Waals surface area contributed by atoms with Gasteiger partial charge < -0.3 is 4.90 Å².